The largest absolute Gasteiger partial charge is 0.330 e. The minimum absolute atomic E-state index is 0.611. The van der Waals surface area contributed by atoms with Gasteiger partial charge in [0.15, 0.2) is 0 Å². The van der Waals surface area contributed by atoms with Crippen LogP contribution in [0.2, 0.25) is 0 Å². The second-order valence-electron chi connectivity index (χ2n) is 4.54. The monoisotopic (exact) mass is 252 g/mol. The third-order valence-corrected chi connectivity index (χ3v) is 3.27. The fraction of sp³-hybridized carbons (Fsp3) is 0.200. The second-order valence-corrected chi connectivity index (χ2v) is 4.54. The molecule has 3 heterocycles. The van der Waals surface area contributed by atoms with E-state index in [9.17, 15) is 0 Å². The molecule has 2 N–H and O–H groups in total. The fourth-order valence-corrected chi connectivity index (χ4v) is 2.43. The lowest BCUT2D eigenvalue weighted by Gasteiger charge is -2.06. The maximum atomic E-state index is 5.75. The third-order valence-electron chi connectivity index (χ3n) is 3.27. The number of pyridine rings is 2. The van der Waals surface area contributed by atoms with Gasteiger partial charge in [-0.05, 0) is 37.7 Å². The minimum Gasteiger partial charge on any atom is -0.330 e. The Morgan fingerprint density at radius 2 is 1.95 bits per heavy atom. The van der Waals surface area contributed by atoms with Crippen molar-refractivity contribution in [2.24, 2.45) is 5.73 Å². The summed E-state index contributed by atoms with van der Waals surface area (Å²) in [4.78, 5) is 8.80. The van der Waals surface area contributed by atoms with E-state index in [0.29, 0.717) is 6.54 Å². The highest BCUT2D eigenvalue weighted by molar-refractivity contribution is 5.66. The molecule has 0 aliphatic heterocycles. The number of nitrogens with two attached hydrogens (primary N) is 1. The Morgan fingerprint density at radius 3 is 2.68 bits per heavy atom. The lowest BCUT2D eigenvalue weighted by Crippen LogP contribution is -2.07. The molecule has 0 aliphatic carbocycles. The molecule has 3 aromatic heterocycles. The number of imidazole rings is 1. The Hall–Kier alpha value is -2.20. The summed E-state index contributed by atoms with van der Waals surface area (Å²) >= 11 is 0. The van der Waals surface area contributed by atoms with Gasteiger partial charge in [0.25, 0.3) is 0 Å². The van der Waals surface area contributed by atoms with Crippen LogP contribution in [0.4, 0.5) is 0 Å². The van der Waals surface area contributed by atoms with Gasteiger partial charge in [0, 0.05) is 30.1 Å². The average molecular weight is 252 g/mol. The van der Waals surface area contributed by atoms with Gasteiger partial charge in [0.1, 0.15) is 5.65 Å². The van der Waals surface area contributed by atoms with E-state index in [0.717, 1.165) is 23.3 Å². The molecule has 0 saturated carbocycles. The van der Waals surface area contributed by atoms with E-state index in [1.165, 1.54) is 11.4 Å². The van der Waals surface area contributed by atoms with Crippen LogP contribution in [-0.2, 0) is 6.42 Å². The first-order chi connectivity index (χ1) is 9.31. The van der Waals surface area contributed by atoms with Crippen LogP contribution in [0.1, 0.15) is 11.4 Å². The van der Waals surface area contributed by atoms with Gasteiger partial charge >= 0.3 is 0 Å². The predicted molar refractivity (Wildman–Crippen MR) is 75.9 cm³/mol. The molecule has 0 aliphatic rings. The number of fused-ring (bicyclic) bond motifs is 1. The fourth-order valence-electron chi connectivity index (χ4n) is 2.43. The molecule has 0 bridgehead atoms. The smallest absolute Gasteiger partial charge is 0.137 e. The molecule has 0 saturated heterocycles. The Labute approximate surface area is 111 Å². The Morgan fingerprint density at radius 1 is 1.16 bits per heavy atom. The maximum absolute atomic E-state index is 5.75. The second kappa shape index (κ2) is 4.82. The highest BCUT2D eigenvalue weighted by Crippen LogP contribution is 2.25. The molecule has 3 aromatic rings. The summed E-state index contributed by atoms with van der Waals surface area (Å²) < 4.78 is 2.18. The molecule has 0 amide bonds. The molecule has 19 heavy (non-hydrogen) atoms. The van der Waals surface area contributed by atoms with Crippen molar-refractivity contribution < 1.29 is 0 Å². The summed E-state index contributed by atoms with van der Waals surface area (Å²) in [5.74, 6) is 0. The number of aryl methyl sites for hydroxylation is 1. The van der Waals surface area contributed by atoms with Crippen molar-refractivity contribution in [3.63, 3.8) is 0 Å². The van der Waals surface area contributed by atoms with Crippen molar-refractivity contribution in [2.75, 3.05) is 6.54 Å². The molecule has 0 aromatic carbocycles. The SMILES string of the molecule is Cc1cccc2nc(-c3ccncc3)c(CCN)n12. The summed E-state index contributed by atoms with van der Waals surface area (Å²) in [6.07, 6.45) is 4.39. The lowest BCUT2D eigenvalue weighted by atomic mass is 10.1. The van der Waals surface area contributed by atoms with Crippen LogP contribution >= 0.6 is 0 Å². The molecular formula is C15H16N4. The van der Waals surface area contributed by atoms with Gasteiger partial charge in [0.2, 0.25) is 0 Å². The molecule has 96 valence electrons. The number of rotatable bonds is 3. The summed E-state index contributed by atoms with van der Waals surface area (Å²) in [5.41, 5.74) is 11.2. The molecule has 4 nitrogen and oxygen atoms in total. The van der Waals surface area contributed by atoms with E-state index < -0.39 is 0 Å². The lowest BCUT2D eigenvalue weighted by molar-refractivity contribution is 0.891. The van der Waals surface area contributed by atoms with Crippen molar-refractivity contribution in [1.29, 1.82) is 0 Å². The van der Waals surface area contributed by atoms with Crippen LogP contribution in [-0.4, -0.2) is 20.9 Å². The van der Waals surface area contributed by atoms with Crippen molar-refractivity contribution in [1.82, 2.24) is 14.4 Å². The number of nitrogens with zero attached hydrogens (tertiary/aromatic N) is 3. The zero-order valence-electron chi connectivity index (χ0n) is 10.9. The minimum atomic E-state index is 0.611. The van der Waals surface area contributed by atoms with Gasteiger partial charge in [-0.3, -0.25) is 4.98 Å². The highest BCUT2D eigenvalue weighted by atomic mass is 15.0. The Kier molecular flexibility index (Phi) is 3.01. The third kappa shape index (κ3) is 2.00. The van der Waals surface area contributed by atoms with Crippen LogP contribution in [0.15, 0.2) is 42.7 Å². The first-order valence-electron chi connectivity index (χ1n) is 6.38. The zero-order valence-corrected chi connectivity index (χ0v) is 10.9. The summed E-state index contributed by atoms with van der Waals surface area (Å²) in [5, 5.41) is 0. The van der Waals surface area contributed by atoms with Crippen LogP contribution in [0.3, 0.4) is 0 Å². The maximum Gasteiger partial charge on any atom is 0.137 e. The van der Waals surface area contributed by atoms with Crippen LogP contribution < -0.4 is 5.73 Å². The zero-order chi connectivity index (χ0) is 13.2. The first-order valence-corrected chi connectivity index (χ1v) is 6.38. The van der Waals surface area contributed by atoms with E-state index in [1.54, 1.807) is 12.4 Å². The topological polar surface area (TPSA) is 56.2 Å². The average Bonchev–Trinajstić information content (AvgIpc) is 2.81. The molecule has 0 spiro atoms. The van der Waals surface area contributed by atoms with E-state index in [-0.39, 0.29) is 0 Å². The summed E-state index contributed by atoms with van der Waals surface area (Å²) in [6.45, 7) is 2.70. The van der Waals surface area contributed by atoms with Crippen molar-refractivity contribution in [3.8, 4) is 11.3 Å². The molecule has 0 radical (unpaired) electrons. The number of hydrogen-bond donors (Lipinski definition) is 1. The van der Waals surface area contributed by atoms with Crippen LogP contribution in [0.5, 0.6) is 0 Å². The predicted octanol–water partition coefficient (Wildman–Crippen LogP) is 2.21. The van der Waals surface area contributed by atoms with E-state index >= 15 is 0 Å². The van der Waals surface area contributed by atoms with Gasteiger partial charge in [0.05, 0.1) is 11.4 Å². The highest BCUT2D eigenvalue weighted by Gasteiger charge is 2.14. The number of hydrogen-bond acceptors (Lipinski definition) is 3. The van der Waals surface area contributed by atoms with Gasteiger partial charge < -0.3 is 10.1 Å². The summed E-state index contributed by atoms with van der Waals surface area (Å²) in [7, 11) is 0. The van der Waals surface area contributed by atoms with Gasteiger partial charge in [-0.2, -0.15) is 0 Å². The Bertz CT molecular complexity index is 701. The molecule has 0 fully saturated rings. The van der Waals surface area contributed by atoms with E-state index in [1.807, 2.05) is 24.3 Å². The van der Waals surface area contributed by atoms with Gasteiger partial charge in [-0.15, -0.1) is 0 Å². The van der Waals surface area contributed by atoms with Gasteiger partial charge in [-0.1, -0.05) is 6.07 Å². The molecule has 3 rings (SSSR count). The van der Waals surface area contributed by atoms with E-state index in [4.69, 9.17) is 10.7 Å². The van der Waals surface area contributed by atoms with Crippen LogP contribution in [0, 0.1) is 6.92 Å². The molecule has 0 atom stereocenters. The first kappa shape index (κ1) is 11.9. The van der Waals surface area contributed by atoms with E-state index in [2.05, 4.69) is 22.4 Å². The molecule has 0 unspecified atom stereocenters. The molecule has 4 heteroatoms. The standard InChI is InChI=1S/C15H16N4/c1-11-3-2-4-14-18-15(12-6-9-17-10-7-12)13(5-8-16)19(11)14/h2-4,6-7,9-10H,5,8,16H2,1H3. The van der Waals surface area contributed by atoms with Gasteiger partial charge in [-0.25, -0.2) is 4.98 Å². The van der Waals surface area contributed by atoms with Crippen molar-refractivity contribution in [3.05, 3.63) is 54.1 Å². The van der Waals surface area contributed by atoms with Crippen molar-refractivity contribution in [2.45, 2.75) is 13.3 Å². The quantitative estimate of drug-likeness (QED) is 0.777. The Balaban J connectivity index is 2.30. The molecular weight excluding hydrogens is 236 g/mol. The number of aromatic nitrogens is 3. The normalized spacial score (nSPS) is 11.1. The summed E-state index contributed by atoms with van der Waals surface area (Å²) in [6, 6.07) is 10.1. The van der Waals surface area contributed by atoms with Crippen molar-refractivity contribution >= 4 is 5.65 Å². The van der Waals surface area contributed by atoms with Crippen LogP contribution in [0.25, 0.3) is 16.9 Å².